The number of H-pyrrole nitrogens is 1. The van der Waals surface area contributed by atoms with Crippen LogP contribution in [0.3, 0.4) is 0 Å². The molecule has 7 rings (SSSR count). The summed E-state index contributed by atoms with van der Waals surface area (Å²) in [5, 5.41) is 4.09. The molecule has 2 aliphatic rings. The maximum atomic E-state index is 15.4. The number of aromatic amines is 1. The summed E-state index contributed by atoms with van der Waals surface area (Å²) in [5.74, 6) is 1.99. The number of piperazine rings is 1. The van der Waals surface area contributed by atoms with Crippen molar-refractivity contribution in [3.05, 3.63) is 54.5 Å². The van der Waals surface area contributed by atoms with E-state index in [2.05, 4.69) is 69.7 Å². The van der Waals surface area contributed by atoms with Crippen LogP contribution >= 0.6 is 0 Å². The number of nitrogens with one attached hydrogen (secondary N) is 2. The lowest BCUT2D eigenvalue weighted by atomic mass is 10.0. The first-order chi connectivity index (χ1) is 19.9. The van der Waals surface area contributed by atoms with Crippen LogP contribution in [0.1, 0.15) is 24.7 Å². The lowest BCUT2D eigenvalue weighted by molar-refractivity contribution is 0.222. The van der Waals surface area contributed by atoms with Crippen molar-refractivity contribution in [2.24, 2.45) is 0 Å². The first-order valence-corrected chi connectivity index (χ1v) is 14.3. The van der Waals surface area contributed by atoms with Gasteiger partial charge in [0.05, 0.1) is 17.4 Å². The molecule has 11 heteroatoms. The molecule has 0 spiro atoms. The van der Waals surface area contributed by atoms with E-state index in [1.54, 1.807) is 12.3 Å². The van der Waals surface area contributed by atoms with E-state index in [0.29, 0.717) is 23.2 Å². The summed E-state index contributed by atoms with van der Waals surface area (Å²) >= 11 is 0. The Bertz CT molecular complexity index is 1690. The first kappa shape index (κ1) is 25.8. The standard InChI is InChI=1S/C30H35FN10/c1-19-35-28-25(31)14-20(15-26(28)41(19)22-6-8-38(2)9-7-22)23-17-33-29-24(23)18-34-30(37-29)36-21-4-5-27(32-16-21)40-12-10-39(3)11-13-40/h4-5,14-18,22H,6-13H2,1-3H3,(H2,33,34,36,37). The SMILES string of the molecule is Cc1nc2c(F)cc(-c3c[nH]c4nc(Nc5ccc(N6CCN(C)CC6)nc5)ncc34)cc2n1C1CCN(C)CC1. The zero-order valence-corrected chi connectivity index (χ0v) is 23.7. The molecule has 2 N–H and O–H groups in total. The van der Waals surface area contributed by atoms with Crippen molar-refractivity contribution in [1.29, 1.82) is 0 Å². The number of fused-ring (bicyclic) bond motifs is 2. The molecule has 5 aromatic rings. The fraction of sp³-hybridized carbons (Fsp3) is 0.400. The molecule has 0 atom stereocenters. The summed E-state index contributed by atoms with van der Waals surface area (Å²) in [4.78, 5) is 28.7. The summed E-state index contributed by atoms with van der Waals surface area (Å²) < 4.78 is 17.6. The lowest BCUT2D eigenvalue weighted by Gasteiger charge is -2.33. The first-order valence-electron chi connectivity index (χ1n) is 14.3. The van der Waals surface area contributed by atoms with E-state index >= 15 is 4.39 Å². The number of hydrogen-bond donors (Lipinski definition) is 2. The largest absolute Gasteiger partial charge is 0.354 e. The smallest absolute Gasteiger partial charge is 0.229 e. The van der Waals surface area contributed by atoms with Crippen LogP contribution in [0.25, 0.3) is 33.2 Å². The monoisotopic (exact) mass is 554 g/mol. The second-order valence-corrected chi connectivity index (χ2v) is 11.4. The van der Waals surface area contributed by atoms with Crippen molar-refractivity contribution in [2.45, 2.75) is 25.8 Å². The Hall–Kier alpha value is -4.09. The summed E-state index contributed by atoms with van der Waals surface area (Å²) in [6, 6.07) is 7.97. The van der Waals surface area contributed by atoms with E-state index in [1.165, 1.54) is 0 Å². The van der Waals surface area contributed by atoms with Gasteiger partial charge in [0.25, 0.3) is 0 Å². The van der Waals surface area contributed by atoms with Crippen molar-refractivity contribution >= 4 is 39.5 Å². The number of likely N-dealkylation sites (N-methyl/N-ethyl adjacent to an activating group) is 1. The van der Waals surface area contributed by atoms with E-state index < -0.39 is 0 Å². The van der Waals surface area contributed by atoms with Gasteiger partial charge in [-0.1, -0.05) is 0 Å². The summed E-state index contributed by atoms with van der Waals surface area (Å²) in [6.45, 7) is 8.05. The number of imidazole rings is 1. The topological polar surface area (TPSA) is 94.0 Å². The van der Waals surface area contributed by atoms with E-state index in [-0.39, 0.29) is 5.82 Å². The van der Waals surface area contributed by atoms with Gasteiger partial charge in [-0.2, -0.15) is 4.98 Å². The summed E-state index contributed by atoms with van der Waals surface area (Å²) in [7, 11) is 4.29. The zero-order chi connectivity index (χ0) is 28.1. The number of likely N-dealkylation sites (tertiary alicyclic amines) is 1. The molecule has 2 fully saturated rings. The highest BCUT2D eigenvalue weighted by Crippen LogP contribution is 2.35. The Kier molecular flexibility index (Phi) is 6.55. The number of rotatable bonds is 5. The van der Waals surface area contributed by atoms with Gasteiger partial charge in [-0.15, -0.1) is 0 Å². The van der Waals surface area contributed by atoms with Gasteiger partial charge in [0.15, 0.2) is 5.82 Å². The molecule has 0 aliphatic carbocycles. The van der Waals surface area contributed by atoms with Gasteiger partial charge >= 0.3 is 0 Å². The lowest BCUT2D eigenvalue weighted by Crippen LogP contribution is -2.44. The van der Waals surface area contributed by atoms with Crippen molar-refractivity contribution in [3.63, 3.8) is 0 Å². The molecule has 4 aromatic heterocycles. The summed E-state index contributed by atoms with van der Waals surface area (Å²) in [5.41, 5.74) is 4.41. The number of piperidine rings is 1. The van der Waals surface area contributed by atoms with Crippen LogP contribution in [-0.4, -0.2) is 92.7 Å². The number of anilines is 3. The van der Waals surface area contributed by atoms with Crippen LogP contribution in [0.15, 0.2) is 42.9 Å². The molecule has 0 saturated carbocycles. The van der Waals surface area contributed by atoms with E-state index in [1.807, 2.05) is 31.5 Å². The number of hydrogen-bond acceptors (Lipinski definition) is 8. The van der Waals surface area contributed by atoms with Crippen molar-refractivity contribution in [2.75, 3.05) is 63.6 Å². The molecular formula is C30H35FN10. The van der Waals surface area contributed by atoms with Crippen LogP contribution in [-0.2, 0) is 0 Å². The third kappa shape index (κ3) is 4.89. The molecule has 41 heavy (non-hydrogen) atoms. The highest BCUT2D eigenvalue weighted by molar-refractivity contribution is 5.96. The van der Waals surface area contributed by atoms with E-state index in [4.69, 9.17) is 0 Å². The van der Waals surface area contributed by atoms with Crippen LogP contribution in [0.2, 0.25) is 0 Å². The molecule has 0 bridgehead atoms. The van der Waals surface area contributed by atoms with E-state index in [0.717, 1.165) is 91.5 Å². The molecule has 10 nitrogen and oxygen atoms in total. The number of pyridine rings is 1. The third-order valence-corrected chi connectivity index (χ3v) is 8.55. The minimum absolute atomic E-state index is 0.312. The molecule has 2 saturated heterocycles. The van der Waals surface area contributed by atoms with Crippen LogP contribution < -0.4 is 10.2 Å². The number of nitrogens with zero attached hydrogens (tertiary/aromatic N) is 8. The summed E-state index contributed by atoms with van der Waals surface area (Å²) in [6.07, 6.45) is 7.52. The Morgan fingerprint density at radius 3 is 2.46 bits per heavy atom. The van der Waals surface area contributed by atoms with E-state index in [9.17, 15) is 0 Å². The molecular weight excluding hydrogens is 519 g/mol. The van der Waals surface area contributed by atoms with Gasteiger partial charge in [-0.3, -0.25) is 0 Å². The molecule has 212 valence electrons. The molecule has 0 radical (unpaired) electrons. The minimum Gasteiger partial charge on any atom is -0.354 e. The predicted molar refractivity (Wildman–Crippen MR) is 160 cm³/mol. The Labute approximate surface area is 238 Å². The number of aryl methyl sites for hydroxylation is 1. The van der Waals surface area contributed by atoms with Crippen molar-refractivity contribution in [3.8, 4) is 11.1 Å². The van der Waals surface area contributed by atoms with Crippen molar-refractivity contribution in [1.82, 2.24) is 39.3 Å². The molecule has 0 unspecified atom stereocenters. The number of halogens is 1. The van der Waals surface area contributed by atoms with Gasteiger partial charge in [-0.05, 0) is 76.8 Å². The number of aromatic nitrogens is 6. The Morgan fingerprint density at radius 2 is 1.71 bits per heavy atom. The molecule has 0 amide bonds. The second-order valence-electron chi connectivity index (χ2n) is 11.4. The fourth-order valence-electron chi connectivity index (χ4n) is 6.16. The van der Waals surface area contributed by atoms with Gasteiger partial charge in [0.2, 0.25) is 5.95 Å². The minimum atomic E-state index is -0.312. The highest BCUT2D eigenvalue weighted by atomic mass is 19.1. The Morgan fingerprint density at radius 1 is 0.927 bits per heavy atom. The maximum absolute atomic E-state index is 15.4. The van der Waals surface area contributed by atoms with Crippen LogP contribution in [0.4, 0.5) is 21.8 Å². The molecule has 2 aliphatic heterocycles. The van der Waals surface area contributed by atoms with Gasteiger partial charge in [0.1, 0.15) is 22.8 Å². The fourth-order valence-corrected chi connectivity index (χ4v) is 6.16. The molecule has 1 aromatic carbocycles. The van der Waals surface area contributed by atoms with Gasteiger partial charge < -0.3 is 29.6 Å². The quantitative estimate of drug-likeness (QED) is 0.326. The molecule has 6 heterocycles. The second kappa shape index (κ2) is 10.4. The van der Waals surface area contributed by atoms with Crippen LogP contribution in [0, 0.1) is 12.7 Å². The normalized spacial score (nSPS) is 17.6. The zero-order valence-electron chi connectivity index (χ0n) is 23.7. The highest BCUT2D eigenvalue weighted by Gasteiger charge is 2.24. The van der Waals surface area contributed by atoms with Crippen LogP contribution in [0.5, 0.6) is 0 Å². The van der Waals surface area contributed by atoms with Gasteiger partial charge in [-0.25, -0.2) is 19.3 Å². The predicted octanol–water partition coefficient (Wildman–Crippen LogP) is 4.58. The van der Waals surface area contributed by atoms with Gasteiger partial charge in [0, 0.05) is 55.6 Å². The van der Waals surface area contributed by atoms with Crippen molar-refractivity contribution < 1.29 is 4.39 Å². The average molecular weight is 555 g/mol. The average Bonchev–Trinajstić information content (AvgIpc) is 3.55. The third-order valence-electron chi connectivity index (χ3n) is 8.55. The maximum Gasteiger partial charge on any atom is 0.229 e. The number of benzene rings is 1. The Balaban J connectivity index is 1.15.